The van der Waals surface area contributed by atoms with E-state index in [1.165, 1.54) is 16.2 Å². The van der Waals surface area contributed by atoms with Gasteiger partial charge in [0.1, 0.15) is 5.69 Å². The molecule has 0 unspecified atom stereocenters. The normalized spacial score (nSPS) is 20.8. The summed E-state index contributed by atoms with van der Waals surface area (Å²) in [6.45, 7) is 7.36. The van der Waals surface area contributed by atoms with E-state index in [4.69, 9.17) is 11.6 Å². The van der Waals surface area contributed by atoms with E-state index in [1.807, 2.05) is 12.1 Å². The maximum Gasteiger partial charge on any atom is 0.280 e. The molecule has 1 fully saturated rings. The second kappa shape index (κ2) is 9.06. The lowest BCUT2D eigenvalue weighted by molar-refractivity contribution is 0.0894. The number of nitrogens with zero attached hydrogens (tertiary/aromatic N) is 2. The van der Waals surface area contributed by atoms with E-state index in [1.54, 1.807) is 12.1 Å². The fourth-order valence-electron chi connectivity index (χ4n) is 4.44. The van der Waals surface area contributed by atoms with Crippen LogP contribution in [0.4, 0.5) is 0 Å². The largest absolute Gasteiger partial charge is 0.351 e. The van der Waals surface area contributed by atoms with E-state index in [2.05, 4.69) is 44.7 Å². The molecule has 0 bridgehead atoms. The summed E-state index contributed by atoms with van der Waals surface area (Å²) in [5.74, 6) is -0.396. The highest BCUT2D eigenvalue weighted by Crippen LogP contribution is 2.26. The van der Waals surface area contributed by atoms with Gasteiger partial charge in [0.25, 0.3) is 11.8 Å². The number of carbonyl (C=O) groups is 2. The minimum absolute atomic E-state index is 0.182. The predicted molar refractivity (Wildman–Crippen MR) is 130 cm³/mol. The van der Waals surface area contributed by atoms with E-state index in [9.17, 15) is 9.59 Å². The van der Waals surface area contributed by atoms with Crippen molar-refractivity contribution in [2.75, 3.05) is 19.6 Å². The molecule has 1 saturated heterocycles. The number of benzene rings is 1. The van der Waals surface area contributed by atoms with Crippen molar-refractivity contribution in [1.82, 2.24) is 30.8 Å². The van der Waals surface area contributed by atoms with Crippen LogP contribution in [0.15, 0.2) is 24.3 Å². The Kier molecular flexibility index (Phi) is 6.13. The van der Waals surface area contributed by atoms with Crippen molar-refractivity contribution >= 4 is 45.7 Å². The van der Waals surface area contributed by atoms with Crippen LogP contribution in [-0.4, -0.2) is 64.4 Å². The number of aromatic nitrogens is 2. The van der Waals surface area contributed by atoms with Gasteiger partial charge in [-0.15, -0.1) is 11.3 Å². The first kappa shape index (κ1) is 22.3. The molecule has 2 atom stereocenters. The SMILES string of the molecule is CC(C)N1CCc2nc(C(=O)N[C@@H]3CNC[C@H]3NC(=O)c3cc4cc(Cl)ccc4[nH]3)sc2C1. The number of thiazole rings is 1. The van der Waals surface area contributed by atoms with Crippen LogP contribution in [0.1, 0.15) is 44.7 Å². The maximum atomic E-state index is 12.9. The van der Waals surface area contributed by atoms with Crippen molar-refractivity contribution < 1.29 is 9.59 Å². The number of fused-ring (bicyclic) bond motifs is 2. The summed E-state index contributed by atoms with van der Waals surface area (Å²) in [5.41, 5.74) is 2.35. The molecule has 0 radical (unpaired) electrons. The average Bonchev–Trinajstić information content (AvgIpc) is 3.50. The lowest BCUT2D eigenvalue weighted by atomic mass is 10.1. The van der Waals surface area contributed by atoms with Crippen LogP contribution in [0.5, 0.6) is 0 Å². The molecule has 1 aromatic carbocycles. The van der Waals surface area contributed by atoms with Gasteiger partial charge in [0, 0.05) is 59.4 Å². The molecule has 0 saturated carbocycles. The van der Waals surface area contributed by atoms with E-state index in [-0.39, 0.29) is 23.9 Å². The zero-order valence-electron chi connectivity index (χ0n) is 18.6. The third-order valence-corrected chi connectivity index (χ3v) is 7.68. The second-order valence-electron chi connectivity index (χ2n) is 8.94. The number of nitrogens with one attached hydrogen (secondary N) is 4. The van der Waals surface area contributed by atoms with Crippen LogP contribution >= 0.6 is 22.9 Å². The number of amides is 2. The van der Waals surface area contributed by atoms with Crippen LogP contribution in [0.25, 0.3) is 10.9 Å². The molecule has 0 spiro atoms. The van der Waals surface area contributed by atoms with Gasteiger partial charge < -0.3 is 20.9 Å². The monoisotopic (exact) mass is 486 g/mol. The summed E-state index contributed by atoms with van der Waals surface area (Å²) in [4.78, 5) is 37.1. The molecular formula is C23H27ClN6O2S. The Bertz CT molecular complexity index is 1200. The molecule has 2 aliphatic rings. The Morgan fingerprint density at radius 1 is 1.18 bits per heavy atom. The Morgan fingerprint density at radius 3 is 2.70 bits per heavy atom. The Balaban J connectivity index is 1.23. The summed E-state index contributed by atoms with van der Waals surface area (Å²) in [5, 5.41) is 11.4. The second-order valence-corrected chi connectivity index (χ2v) is 10.5. The lowest BCUT2D eigenvalue weighted by Gasteiger charge is -2.29. The molecule has 33 heavy (non-hydrogen) atoms. The van der Waals surface area contributed by atoms with Crippen LogP contribution in [0.3, 0.4) is 0 Å². The first-order chi connectivity index (χ1) is 15.9. The molecule has 2 amide bonds. The van der Waals surface area contributed by atoms with Gasteiger partial charge >= 0.3 is 0 Å². The first-order valence-electron chi connectivity index (χ1n) is 11.2. The summed E-state index contributed by atoms with van der Waals surface area (Å²) in [6.07, 6.45) is 0.872. The standard InChI is InChI=1S/C23H27ClN6O2S/c1-12(2)30-6-5-16-20(11-30)33-23(29-16)22(32)28-19-10-25-9-18(19)27-21(31)17-8-13-7-14(24)3-4-15(13)26-17/h3-4,7-8,12,18-19,25-26H,5-6,9-11H2,1-2H3,(H,27,31)(H,28,32)/t18-,19-/m1/s1. The fourth-order valence-corrected chi connectivity index (χ4v) is 5.65. The Labute approximate surface area is 201 Å². The maximum absolute atomic E-state index is 12.9. The molecule has 3 aromatic rings. The van der Waals surface area contributed by atoms with Gasteiger partial charge in [0.15, 0.2) is 5.01 Å². The van der Waals surface area contributed by atoms with Crippen molar-refractivity contribution in [1.29, 1.82) is 0 Å². The molecule has 0 aliphatic carbocycles. The lowest BCUT2D eigenvalue weighted by Crippen LogP contribution is -2.51. The first-order valence-corrected chi connectivity index (χ1v) is 12.4. The zero-order chi connectivity index (χ0) is 23.1. The molecule has 5 rings (SSSR count). The van der Waals surface area contributed by atoms with Crippen LogP contribution < -0.4 is 16.0 Å². The van der Waals surface area contributed by atoms with Crippen molar-refractivity contribution in [3.05, 3.63) is 50.6 Å². The molecular weight excluding hydrogens is 460 g/mol. The number of hydrogen-bond donors (Lipinski definition) is 4. The number of rotatable bonds is 5. The van der Waals surface area contributed by atoms with Gasteiger partial charge in [0.05, 0.1) is 17.8 Å². The van der Waals surface area contributed by atoms with Crippen molar-refractivity contribution in [2.45, 2.75) is 44.9 Å². The van der Waals surface area contributed by atoms with E-state index in [0.29, 0.717) is 34.9 Å². The number of aromatic amines is 1. The highest BCUT2D eigenvalue weighted by atomic mass is 35.5. The molecule has 8 nitrogen and oxygen atoms in total. The molecule has 2 aromatic heterocycles. The summed E-state index contributed by atoms with van der Waals surface area (Å²) < 4.78 is 0. The molecule has 2 aliphatic heterocycles. The highest BCUT2D eigenvalue weighted by Gasteiger charge is 2.32. The zero-order valence-corrected chi connectivity index (χ0v) is 20.1. The average molecular weight is 487 g/mol. The van der Waals surface area contributed by atoms with Gasteiger partial charge in [-0.25, -0.2) is 4.98 Å². The molecule has 174 valence electrons. The van der Waals surface area contributed by atoms with Crippen LogP contribution in [0, 0.1) is 0 Å². The minimum Gasteiger partial charge on any atom is -0.351 e. The topological polar surface area (TPSA) is 102 Å². The quantitative estimate of drug-likeness (QED) is 0.444. The van der Waals surface area contributed by atoms with E-state index in [0.717, 1.165) is 36.1 Å². The van der Waals surface area contributed by atoms with Crippen LogP contribution in [0.2, 0.25) is 5.02 Å². The van der Waals surface area contributed by atoms with E-state index >= 15 is 0 Å². The number of hydrogen-bond acceptors (Lipinski definition) is 6. The minimum atomic E-state index is -0.220. The fraction of sp³-hybridized carbons (Fsp3) is 0.435. The van der Waals surface area contributed by atoms with Crippen molar-refractivity contribution in [3.8, 4) is 0 Å². The molecule has 10 heteroatoms. The van der Waals surface area contributed by atoms with Gasteiger partial charge in [0.2, 0.25) is 0 Å². The Morgan fingerprint density at radius 2 is 1.94 bits per heavy atom. The summed E-state index contributed by atoms with van der Waals surface area (Å²) >= 11 is 7.52. The van der Waals surface area contributed by atoms with Gasteiger partial charge in [-0.1, -0.05) is 11.6 Å². The van der Waals surface area contributed by atoms with Crippen molar-refractivity contribution in [2.24, 2.45) is 0 Å². The number of H-pyrrole nitrogens is 1. The van der Waals surface area contributed by atoms with Crippen LogP contribution in [-0.2, 0) is 13.0 Å². The predicted octanol–water partition coefficient (Wildman–Crippen LogP) is 2.54. The third kappa shape index (κ3) is 4.63. The molecule has 4 N–H and O–H groups in total. The van der Waals surface area contributed by atoms with Gasteiger partial charge in [-0.05, 0) is 38.1 Å². The molecule has 4 heterocycles. The van der Waals surface area contributed by atoms with Gasteiger partial charge in [-0.2, -0.15) is 0 Å². The smallest absolute Gasteiger partial charge is 0.280 e. The van der Waals surface area contributed by atoms with Gasteiger partial charge in [-0.3, -0.25) is 14.5 Å². The third-order valence-electron chi connectivity index (χ3n) is 6.36. The number of halogens is 1. The Hall–Kier alpha value is -2.46. The summed E-state index contributed by atoms with van der Waals surface area (Å²) in [7, 11) is 0. The summed E-state index contributed by atoms with van der Waals surface area (Å²) in [6, 6.07) is 7.27. The van der Waals surface area contributed by atoms with Crippen molar-refractivity contribution in [3.63, 3.8) is 0 Å². The number of carbonyl (C=O) groups excluding carboxylic acids is 2. The highest BCUT2D eigenvalue weighted by molar-refractivity contribution is 7.13. The van der Waals surface area contributed by atoms with E-state index < -0.39 is 0 Å².